The molecule has 1 aromatic carbocycles. The molecule has 5 heteroatoms. The van der Waals surface area contributed by atoms with Crippen LogP contribution in [0.3, 0.4) is 0 Å². The van der Waals surface area contributed by atoms with E-state index in [1.807, 2.05) is 27.7 Å². The maximum Gasteiger partial charge on any atom is 0.410 e. The second kappa shape index (κ2) is 8.56. The van der Waals surface area contributed by atoms with Gasteiger partial charge in [-0.25, -0.2) is 4.79 Å². The Hall–Kier alpha value is -2.04. The summed E-state index contributed by atoms with van der Waals surface area (Å²) in [6.07, 6.45) is 2.07. The van der Waals surface area contributed by atoms with E-state index in [-0.39, 0.29) is 24.0 Å². The van der Waals surface area contributed by atoms with Gasteiger partial charge in [-0.2, -0.15) is 0 Å². The van der Waals surface area contributed by atoms with Gasteiger partial charge < -0.3 is 15.0 Å². The van der Waals surface area contributed by atoms with Crippen LogP contribution in [0.2, 0.25) is 0 Å². The highest BCUT2D eigenvalue weighted by molar-refractivity contribution is 5.79. The van der Waals surface area contributed by atoms with Gasteiger partial charge in [0.25, 0.3) is 0 Å². The van der Waals surface area contributed by atoms with E-state index < -0.39 is 5.60 Å². The van der Waals surface area contributed by atoms with Crippen LogP contribution in [0.25, 0.3) is 0 Å². The lowest BCUT2D eigenvalue weighted by Gasteiger charge is -2.33. The quantitative estimate of drug-likeness (QED) is 0.880. The van der Waals surface area contributed by atoms with E-state index in [1.165, 1.54) is 5.56 Å². The molecule has 5 nitrogen and oxygen atoms in total. The Balaban J connectivity index is 1.83. The highest BCUT2D eigenvalue weighted by atomic mass is 16.6. The summed E-state index contributed by atoms with van der Waals surface area (Å²) in [5.41, 5.74) is 1.91. The molecule has 1 atom stereocenters. The molecule has 0 radical (unpaired) electrons. The summed E-state index contributed by atoms with van der Waals surface area (Å²) in [7, 11) is 0. The third-order valence-electron chi connectivity index (χ3n) is 4.76. The molecular formula is C21H32N2O3. The second-order valence-corrected chi connectivity index (χ2v) is 8.07. The zero-order valence-electron chi connectivity index (χ0n) is 16.7. The number of nitrogens with one attached hydrogen (secondary N) is 1. The predicted octanol–water partition coefficient (Wildman–Crippen LogP) is 4.07. The Kier molecular flexibility index (Phi) is 6.68. The maximum atomic E-state index is 12.6. The first-order valence-electron chi connectivity index (χ1n) is 9.56. The van der Waals surface area contributed by atoms with Crippen molar-refractivity contribution in [1.29, 1.82) is 0 Å². The van der Waals surface area contributed by atoms with Crippen molar-refractivity contribution >= 4 is 12.0 Å². The number of aryl methyl sites for hydroxylation is 1. The SMILES string of the molecule is CCc1ccc(C(C)NC(=O)C2CCN(C(=O)OC(C)(C)C)CC2)cc1. The topological polar surface area (TPSA) is 58.6 Å². The molecule has 1 unspecified atom stereocenters. The lowest BCUT2D eigenvalue weighted by Crippen LogP contribution is -2.45. The Labute approximate surface area is 157 Å². The zero-order chi connectivity index (χ0) is 19.3. The molecule has 26 heavy (non-hydrogen) atoms. The monoisotopic (exact) mass is 360 g/mol. The number of piperidine rings is 1. The smallest absolute Gasteiger partial charge is 0.410 e. The largest absolute Gasteiger partial charge is 0.444 e. The number of carbonyl (C=O) groups excluding carboxylic acids is 2. The van der Waals surface area contributed by atoms with Gasteiger partial charge in [-0.15, -0.1) is 0 Å². The van der Waals surface area contributed by atoms with Crippen LogP contribution in [0.15, 0.2) is 24.3 Å². The van der Waals surface area contributed by atoms with Gasteiger partial charge in [0, 0.05) is 19.0 Å². The summed E-state index contributed by atoms with van der Waals surface area (Å²) in [6.45, 7) is 10.8. The van der Waals surface area contributed by atoms with E-state index in [2.05, 4.69) is 36.5 Å². The lowest BCUT2D eigenvalue weighted by atomic mass is 9.95. The van der Waals surface area contributed by atoms with Gasteiger partial charge in [-0.05, 0) is 58.1 Å². The molecule has 0 spiro atoms. The predicted molar refractivity (Wildman–Crippen MR) is 103 cm³/mol. The summed E-state index contributed by atoms with van der Waals surface area (Å²) in [4.78, 5) is 26.4. The Morgan fingerprint density at radius 1 is 1.19 bits per heavy atom. The van der Waals surface area contributed by atoms with E-state index in [4.69, 9.17) is 4.74 Å². The normalized spacial score (nSPS) is 16.9. The number of benzene rings is 1. The number of nitrogens with zero attached hydrogens (tertiary/aromatic N) is 1. The minimum atomic E-state index is -0.492. The van der Waals surface area contributed by atoms with E-state index >= 15 is 0 Å². The molecule has 0 aromatic heterocycles. The summed E-state index contributed by atoms with van der Waals surface area (Å²) in [5, 5.41) is 3.11. The minimum absolute atomic E-state index is 0.0164. The van der Waals surface area contributed by atoms with Crippen LogP contribution in [0, 0.1) is 5.92 Å². The molecule has 1 saturated heterocycles. The Bertz CT molecular complexity index is 611. The van der Waals surface area contributed by atoms with Gasteiger partial charge in [0.1, 0.15) is 5.60 Å². The van der Waals surface area contributed by atoms with Crippen LogP contribution < -0.4 is 5.32 Å². The number of hydrogen-bond acceptors (Lipinski definition) is 3. The molecule has 0 aliphatic carbocycles. The number of hydrogen-bond donors (Lipinski definition) is 1. The third kappa shape index (κ3) is 5.75. The Morgan fingerprint density at radius 3 is 2.27 bits per heavy atom. The van der Waals surface area contributed by atoms with Crippen molar-refractivity contribution in [2.45, 2.75) is 65.5 Å². The summed E-state index contributed by atoms with van der Waals surface area (Å²) >= 11 is 0. The van der Waals surface area contributed by atoms with Crippen LogP contribution in [-0.2, 0) is 16.0 Å². The van der Waals surface area contributed by atoms with E-state index in [9.17, 15) is 9.59 Å². The molecule has 1 aromatic rings. The number of rotatable bonds is 4. The van der Waals surface area contributed by atoms with Gasteiger partial charge >= 0.3 is 6.09 Å². The van der Waals surface area contributed by atoms with Crippen molar-refractivity contribution in [2.75, 3.05) is 13.1 Å². The molecule has 0 bridgehead atoms. The molecule has 1 fully saturated rings. The van der Waals surface area contributed by atoms with Crippen molar-refractivity contribution in [2.24, 2.45) is 5.92 Å². The number of amides is 2. The van der Waals surface area contributed by atoms with Gasteiger partial charge in [0.15, 0.2) is 0 Å². The average Bonchev–Trinajstić information content (AvgIpc) is 2.60. The average molecular weight is 360 g/mol. The standard InChI is InChI=1S/C21H32N2O3/c1-6-16-7-9-17(10-8-16)15(2)22-19(24)18-11-13-23(14-12-18)20(25)26-21(3,4)5/h7-10,15,18H,6,11-14H2,1-5H3,(H,22,24). The summed E-state index contributed by atoms with van der Waals surface area (Å²) < 4.78 is 5.40. The minimum Gasteiger partial charge on any atom is -0.444 e. The summed E-state index contributed by atoms with van der Waals surface area (Å²) in [6, 6.07) is 8.36. The third-order valence-corrected chi connectivity index (χ3v) is 4.76. The summed E-state index contributed by atoms with van der Waals surface area (Å²) in [5.74, 6) is 0.0203. The van der Waals surface area contributed by atoms with Crippen LogP contribution in [0.1, 0.15) is 64.6 Å². The van der Waals surface area contributed by atoms with Gasteiger partial charge in [-0.3, -0.25) is 4.79 Å². The fourth-order valence-corrected chi connectivity index (χ4v) is 3.11. The first kappa shape index (κ1) is 20.3. The van der Waals surface area contributed by atoms with Crippen LogP contribution in [0.4, 0.5) is 4.79 Å². The van der Waals surface area contributed by atoms with Crippen molar-refractivity contribution in [1.82, 2.24) is 10.2 Å². The van der Waals surface area contributed by atoms with Crippen molar-refractivity contribution in [3.05, 3.63) is 35.4 Å². The fourth-order valence-electron chi connectivity index (χ4n) is 3.11. The van der Waals surface area contributed by atoms with Crippen LogP contribution in [0.5, 0.6) is 0 Å². The molecule has 1 heterocycles. The molecule has 1 N–H and O–H groups in total. The maximum absolute atomic E-state index is 12.6. The molecule has 144 valence electrons. The van der Waals surface area contributed by atoms with E-state index in [1.54, 1.807) is 4.90 Å². The first-order chi connectivity index (χ1) is 12.2. The van der Waals surface area contributed by atoms with E-state index in [0.29, 0.717) is 25.9 Å². The van der Waals surface area contributed by atoms with Crippen molar-refractivity contribution in [3.8, 4) is 0 Å². The molecule has 1 aliphatic heterocycles. The molecular weight excluding hydrogens is 328 g/mol. The van der Waals surface area contributed by atoms with Gasteiger partial charge in [0.05, 0.1) is 6.04 Å². The van der Waals surface area contributed by atoms with E-state index in [0.717, 1.165) is 12.0 Å². The number of ether oxygens (including phenoxy) is 1. The first-order valence-corrected chi connectivity index (χ1v) is 9.56. The Morgan fingerprint density at radius 2 is 1.77 bits per heavy atom. The molecule has 2 amide bonds. The van der Waals surface area contributed by atoms with Crippen molar-refractivity contribution in [3.63, 3.8) is 0 Å². The molecule has 1 aliphatic rings. The molecule has 0 saturated carbocycles. The molecule has 2 rings (SSSR count). The van der Waals surface area contributed by atoms with Gasteiger partial charge in [0.2, 0.25) is 5.91 Å². The highest BCUT2D eigenvalue weighted by Gasteiger charge is 2.30. The fraction of sp³-hybridized carbons (Fsp3) is 0.619. The number of likely N-dealkylation sites (tertiary alicyclic amines) is 1. The second-order valence-electron chi connectivity index (χ2n) is 8.07. The van der Waals surface area contributed by atoms with Crippen molar-refractivity contribution < 1.29 is 14.3 Å². The highest BCUT2D eigenvalue weighted by Crippen LogP contribution is 2.21. The lowest BCUT2D eigenvalue weighted by molar-refractivity contribution is -0.127. The van der Waals surface area contributed by atoms with Crippen LogP contribution in [-0.4, -0.2) is 35.6 Å². The van der Waals surface area contributed by atoms with Crippen LogP contribution >= 0.6 is 0 Å². The number of carbonyl (C=O) groups is 2. The zero-order valence-corrected chi connectivity index (χ0v) is 16.7. The van der Waals surface area contributed by atoms with Gasteiger partial charge in [-0.1, -0.05) is 31.2 Å².